The maximum Gasteiger partial charge on any atom is 0.349 e. The van der Waals surface area contributed by atoms with E-state index in [0.29, 0.717) is 41.8 Å². The van der Waals surface area contributed by atoms with Gasteiger partial charge in [0.2, 0.25) is 0 Å². The summed E-state index contributed by atoms with van der Waals surface area (Å²) >= 11 is 12.1. The Kier molecular flexibility index (Phi) is 5.08. The number of amides is 1. The van der Waals surface area contributed by atoms with Gasteiger partial charge in [0.1, 0.15) is 11.1 Å². The summed E-state index contributed by atoms with van der Waals surface area (Å²) in [5.74, 6) is -0.308. The van der Waals surface area contributed by atoms with E-state index in [4.69, 9.17) is 27.6 Å². The van der Waals surface area contributed by atoms with E-state index in [1.54, 1.807) is 23.1 Å². The molecule has 0 aliphatic carbocycles. The zero-order valence-electron chi connectivity index (χ0n) is 16.5. The van der Waals surface area contributed by atoms with Crippen LogP contribution in [0.5, 0.6) is 0 Å². The van der Waals surface area contributed by atoms with Crippen LogP contribution in [0.25, 0.3) is 21.7 Å². The van der Waals surface area contributed by atoms with E-state index in [0.717, 1.165) is 21.8 Å². The topological polar surface area (TPSA) is 53.8 Å². The molecular weight excluding hydrogens is 435 g/mol. The number of hydrogen-bond donors (Lipinski definition) is 0. The van der Waals surface area contributed by atoms with Crippen LogP contribution >= 0.6 is 23.2 Å². The molecule has 0 N–H and O–H groups in total. The molecule has 1 aliphatic rings. The molecule has 31 heavy (non-hydrogen) atoms. The summed E-state index contributed by atoms with van der Waals surface area (Å²) < 4.78 is 5.49. The van der Waals surface area contributed by atoms with Gasteiger partial charge < -0.3 is 14.2 Å². The predicted octanol–water partition coefficient (Wildman–Crippen LogP) is 5.22. The van der Waals surface area contributed by atoms with Crippen LogP contribution in [0.2, 0.25) is 10.0 Å². The molecule has 1 aromatic heterocycles. The smallest absolute Gasteiger partial charge is 0.349 e. The number of fused-ring (bicyclic) bond motifs is 3. The fourth-order valence-electron chi connectivity index (χ4n) is 4.04. The molecule has 7 heteroatoms. The minimum Gasteiger partial charge on any atom is -0.422 e. The molecule has 3 aromatic carbocycles. The Bertz CT molecular complexity index is 1370. The molecule has 4 aromatic rings. The fourth-order valence-corrected chi connectivity index (χ4v) is 4.33. The third kappa shape index (κ3) is 3.64. The van der Waals surface area contributed by atoms with Crippen molar-refractivity contribution in [1.29, 1.82) is 0 Å². The summed E-state index contributed by atoms with van der Waals surface area (Å²) in [5.41, 5.74) is 0.884. The Labute approximate surface area is 188 Å². The lowest BCUT2D eigenvalue weighted by molar-refractivity contribution is 0.0742. The molecular formula is C24H18Cl2N2O3. The SMILES string of the molecule is O=C(c1cc2c(ccc3ccccc32)oc1=O)N1CCN(c2ccc(Cl)c(Cl)c2)CC1. The van der Waals surface area contributed by atoms with Gasteiger partial charge in [-0.3, -0.25) is 4.79 Å². The second kappa shape index (κ2) is 7.91. The summed E-state index contributed by atoms with van der Waals surface area (Å²) in [6, 6.07) is 18.7. The van der Waals surface area contributed by atoms with E-state index in [-0.39, 0.29) is 11.5 Å². The van der Waals surface area contributed by atoms with Crippen LogP contribution in [-0.2, 0) is 0 Å². The minimum absolute atomic E-state index is 0.0619. The highest BCUT2D eigenvalue weighted by atomic mass is 35.5. The molecule has 2 heterocycles. The Balaban J connectivity index is 1.41. The standard InChI is InChI=1S/C24H18Cl2N2O3/c25-20-7-6-16(13-21(20)26)27-9-11-28(12-10-27)23(29)19-14-18-17-4-2-1-3-15(17)5-8-22(18)31-24(19)30/h1-8,13-14H,9-12H2. The first-order valence-corrected chi connectivity index (χ1v) is 10.7. The van der Waals surface area contributed by atoms with Gasteiger partial charge in [-0.1, -0.05) is 53.5 Å². The highest BCUT2D eigenvalue weighted by molar-refractivity contribution is 6.42. The molecule has 156 valence electrons. The Morgan fingerprint density at radius 3 is 2.39 bits per heavy atom. The maximum atomic E-state index is 13.2. The second-order valence-electron chi connectivity index (χ2n) is 7.52. The maximum absolute atomic E-state index is 13.2. The van der Waals surface area contributed by atoms with Crippen LogP contribution < -0.4 is 10.5 Å². The fraction of sp³-hybridized carbons (Fsp3) is 0.167. The van der Waals surface area contributed by atoms with E-state index in [1.807, 2.05) is 42.5 Å². The Hall–Kier alpha value is -3.02. The van der Waals surface area contributed by atoms with Crippen LogP contribution in [-0.4, -0.2) is 37.0 Å². The number of rotatable bonds is 2. The molecule has 0 unspecified atom stereocenters. The van der Waals surface area contributed by atoms with E-state index in [9.17, 15) is 9.59 Å². The van der Waals surface area contributed by atoms with Gasteiger partial charge in [0.25, 0.3) is 5.91 Å². The van der Waals surface area contributed by atoms with Crippen LogP contribution in [0, 0.1) is 0 Å². The lowest BCUT2D eigenvalue weighted by Gasteiger charge is -2.36. The van der Waals surface area contributed by atoms with E-state index < -0.39 is 5.63 Å². The summed E-state index contributed by atoms with van der Waals surface area (Å²) in [4.78, 5) is 29.5. The van der Waals surface area contributed by atoms with Crippen LogP contribution in [0.3, 0.4) is 0 Å². The number of benzene rings is 3. The number of nitrogens with zero attached hydrogens (tertiary/aromatic N) is 2. The van der Waals surface area contributed by atoms with Gasteiger partial charge in [-0.25, -0.2) is 4.79 Å². The highest BCUT2D eigenvalue weighted by Crippen LogP contribution is 2.28. The quantitative estimate of drug-likeness (QED) is 0.309. The summed E-state index contributed by atoms with van der Waals surface area (Å²) in [7, 11) is 0. The first-order valence-electron chi connectivity index (χ1n) is 9.96. The van der Waals surface area contributed by atoms with E-state index in [2.05, 4.69) is 4.90 Å². The third-order valence-corrected chi connectivity index (χ3v) is 6.45. The van der Waals surface area contributed by atoms with Crippen molar-refractivity contribution >= 4 is 56.5 Å². The van der Waals surface area contributed by atoms with Gasteiger partial charge in [-0.2, -0.15) is 0 Å². The zero-order chi connectivity index (χ0) is 21.5. The van der Waals surface area contributed by atoms with Crippen molar-refractivity contribution in [2.75, 3.05) is 31.1 Å². The van der Waals surface area contributed by atoms with Crippen LogP contribution in [0.1, 0.15) is 10.4 Å². The number of anilines is 1. The van der Waals surface area contributed by atoms with Crippen molar-refractivity contribution < 1.29 is 9.21 Å². The second-order valence-corrected chi connectivity index (χ2v) is 8.34. The zero-order valence-corrected chi connectivity index (χ0v) is 18.0. The molecule has 0 spiro atoms. The van der Waals surface area contributed by atoms with Gasteiger partial charge in [-0.15, -0.1) is 0 Å². The summed E-state index contributed by atoms with van der Waals surface area (Å²) in [6.07, 6.45) is 0. The average molecular weight is 453 g/mol. The Morgan fingerprint density at radius 2 is 1.61 bits per heavy atom. The first kappa shape index (κ1) is 19.9. The average Bonchev–Trinajstić information content (AvgIpc) is 2.80. The number of hydrogen-bond acceptors (Lipinski definition) is 4. The Morgan fingerprint density at radius 1 is 0.839 bits per heavy atom. The van der Waals surface area contributed by atoms with Gasteiger partial charge in [0, 0.05) is 37.3 Å². The third-order valence-electron chi connectivity index (χ3n) is 5.71. The minimum atomic E-state index is -0.611. The van der Waals surface area contributed by atoms with Crippen LogP contribution in [0.15, 0.2) is 69.9 Å². The molecule has 5 rings (SSSR count). The molecule has 1 fully saturated rings. The van der Waals surface area contributed by atoms with Gasteiger partial charge in [-0.05, 0) is 41.1 Å². The van der Waals surface area contributed by atoms with Crippen LogP contribution in [0.4, 0.5) is 5.69 Å². The lowest BCUT2D eigenvalue weighted by Crippen LogP contribution is -2.49. The highest BCUT2D eigenvalue weighted by Gasteiger charge is 2.25. The van der Waals surface area contributed by atoms with Crippen molar-refractivity contribution in [3.63, 3.8) is 0 Å². The predicted molar refractivity (Wildman–Crippen MR) is 125 cm³/mol. The molecule has 0 saturated carbocycles. The van der Waals surface area contributed by atoms with Crippen molar-refractivity contribution in [3.05, 3.63) is 86.7 Å². The lowest BCUT2D eigenvalue weighted by atomic mass is 10.0. The monoisotopic (exact) mass is 452 g/mol. The summed E-state index contributed by atoms with van der Waals surface area (Å²) in [6.45, 7) is 2.25. The summed E-state index contributed by atoms with van der Waals surface area (Å²) in [5, 5.41) is 3.74. The van der Waals surface area contributed by atoms with Crippen molar-refractivity contribution in [1.82, 2.24) is 4.90 Å². The number of halogens is 2. The normalized spacial score (nSPS) is 14.4. The molecule has 0 atom stereocenters. The van der Waals surface area contributed by atoms with E-state index in [1.165, 1.54) is 0 Å². The molecule has 0 radical (unpaired) electrons. The molecule has 1 amide bonds. The largest absolute Gasteiger partial charge is 0.422 e. The van der Waals surface area contributed by atoms with E-state index >= 15 is 0 Å². The first-order chi connectivity index (χ1) is 15.0. The van der Waals surface area contributed by atoms with Crippen molar-refractivity contribution in [3.8, 4) is 0 Å². The molecule has 0 bridgehead atoms. The van der Waals surface area contributed by atoms with Gasteiger partial charge >= 0.3 is 5.63 Å². The van der Waals surface area contributed by atoms with Crippen molar-refractivity contribution in [2.45, 2.75) is 0 Å². The number of carbonyl (C=O) groups excluding carboxylic acids is 1. The molecule has 1 saturated heterocycles. The number of piperazine rings is 1. The number of carbonyl (C=O) groups is 1. The molecule has 5 nitrogen and oxygen atoms in total. The van der Waals surface area contributed by atoms with Gasteiger partial charge in [0.05, 0.1) is 10.0 Å². The van der Waals surface area contributed by atoms with Crippen molar-refractivity contribution in [2.24, 2.45) is 0 Å². The molecule has 1 aliphatic heterocycles. The van der Waals surface area contributed by atoms with Gasteiger partial charge in [0.15, 0.2) is 0 Å².